The smallest absolute Gasteiger partial charge is 0.254 e. The Hall–Kier alpha value is -2.64. The third-order valence-electron chi connectivity index (χ3n) is 2.58. The number of pyridine rings is 1. The van der Waals surface area contributed by atoms with E-state index < -0.39 is 29.2 Å². The molecule has 0 atom stereocenters. The van der Waals surface area contributed by atoms with Crippen LogP contribution in [-0.4, -0.2) is 17.8 Å². The maximum Gasteiger partial charge on any atom is 0.254 e. The molecular formula is C14H11F4N3O. The highest BCUT2D eigenvalue weighted by atomic mass is 19.2. The average Bonchev–Trinajstić information content (AvgIpc) is 2.51. The van der Waals surface area contributed by atoms with Gasteiger partial charge >= 0.3 is 0 Å². The van der Waals surface area contributed by atoms with Crippen molar-refractivity contribution >= 4 is 11.9 Å². The largest absolute Gasteiger partial charge is 0.494 e. The van der Waals surface area contributed by atoms with Gasteiger partial charge in [-0.05, 0) is 36.8 Å². The van der Waals surface area contributed by atoms with Crippen molar-refractivity contribution in [1.82, 2.24) is 4.98 Å². The number of hydrogen-bond donors (Lipinski definition) is 1. The van der Waals surface area contributed by atoms with Crippen LogP contribution in [0, 0.1) is 23.5 Å². The molecule has 0 bridgehead atoms. The van der Waals surface area contributed by atoms with Gasteiger partial charge in [-0.2, -0.15) is 27.6 Å². The zero-order valence-electron chi connectivity index (χ0n) is 11.4. The second-order valence-electron chi connectivity index (χ2n) is 4.07. The number of hydrogen-bond acceptors (Lipinski definition) is 4. The van der Waals surface area contributed by atoms with Gasteiger partial charge in [0.2, 0.25) is 11.6 Å². The summed E-state index contributed by atoms with van der Waals surface area (Å²) in [5.74, 6) is -6.15. The second kappa shape index (κ2) is 6.88. The highest BCUT2D eigenvalue weighted by molar-refractivity contribution is 5.80. The van der Waals surface area contributed by atoms with Gasteiger partial charge in [0.15, 0.2) is 0 Å². The van der Waals surface area contributed by atoms with Gasteiger partial charge < -0.3 is 4.74 Å². The zero-order valence-corrected chi connectivity index (χ0v) is 11.4. The molecule has 0 amide bonds. The Morgan fingerprint density at radius 1 is 1.09 bits per heavy atom. The maximum atomic E-state index is 13.3. The molecule has 116 valence electrons. The lowest BCUT2D eigenvalue weighted by Crippen LogP contribution is -2.05. The van der Waals surface area contributed by atoms with Crippen molar-refractivity contribution in [2.45, 2.75) is 6.92 Å². The van der Waals surface area contributed by atoms with E-state index in [-0.39, 0.29) is 0 Å². The van der Waals surface area contributed by atoms with Crippen LogP contribution in [0.1, 0.15) is 12.5 Å². The van der Waals surface area contributed by atoms with Gasteiger partial charge in [-0.15, -0.1) is 0 Å². The summed E-state index contributed by atoms with van der Waals surface area (Å²) in [7, 11) is 0. The molecule has 0 saturated carbocycles. The van der Waals surface area contributed by atoms with E-state index in [0.29, 0.717) is 17.9 Å². The first-order valence-corrected chi connectivity index (χ1v) is 6.24. The number of rotatable bonds is 5. The standard InChI is InChI=1S/C14H11F4N3O/c1-2-22-9-5-3-8(4-6-9)7-19-21-12-10(15)13(17)20-14(18)11(12)16/h3-7H,2H2,1H3,(H,20,21)/b19-7-. The van der Waals surface area contributed by atoms with Gasteiger partial charge in [-0.25, -0.2) is 0 Å². The van der Waals surface area contributed by atoms with Crippen molar-refractivity contribution in [2.75, 3.05) is 12.0 Å². The van der Waals surface area contributed by atoms with Crippen molar-refractivity contribution in [2.24, 2.45) is 5.10 Å². The van der Waals surface area contributed by atoms with Crippen LogP contribution in [0.15, 0.2) is 29.4 Å². The summed E-state index contributed by atoms with van der Waals surface area (Å²) in [5.41, 5.74) is 1.46. The maximum absolute atomic E-state index is 13.3. The van der Waals surface area contributed by atoms with Crippen LogP contribution in [0.25, 0.3) is 0 Å². The molecule has 0 spiro atoms. The summed E-state index contributed by atoms with van der Waals surface area (Å²) in [5, 5.41) is 3.53. The van der Waals surface area contributed by atoms with E-state index in [1.807, 2.05) is 12.3 Å². The molecule has 8 heteroatoms. The number of anilines is 1. The predicted octanol–water partition coefficient (Wildman–Crippen LogP) is 3.48. The van der Waals surface area contributed by atoms with E-state index in [1.54, 1.807) is 24.3 Å². The Balaban J connectivity index is 2.13. The van der Waals surface area contributed by atoms with E-state index in [4.69, 9.17) is 4.74 Å². The highest BCUT2D eigenvalue weighted by Crippen LogP contribution is 2.21. The average molecular weight is 313 g/mol. The van der Waals surface area contributed by atoms with Crippen LogP contribution in [-0.2, 0) is 0 Å². The molecule has 2 aromatic rings. The molecular weight excluding hydrogens is 302 g/mol. The number of nitrogens with one attached hydrogen (secondary N) is 1. The quantitative estimate of drug-likeness (QED) is 0.398. The summed E-state index contributed by atoms with van der Waals surface area (Å²) in [6.07, 6.45) is 1.23. The molecule has 0 radical (unpaired) electrons. The Labute approximate surface area is 123 Å². The number of halogens is 4. The van der Waals surface area contributed by atoms with Crippen molar-refractivity contribution < 1.29 is 22.3 Å². The molecule has 1 aromatic carbocycles. The summed E-state index contributed by atoms with van der Waals surface area (Å²) >= 11 is 0. The molecule has 0 fully saturated rings. The summed E-state index contributed by atoms with van der Waals surface area (Å²) < 4.78 is 57.6. The number of hydrazone groups is 1. The Kier molecular flexibility index (Phi) is 4.92. The van der Waals surface area contributed by atoms with Crippen LogP contribution < -0.4 is 10.2 Å². The van der Waals surface area contributed by atoms with Crippen LogP contribution in [0.2, 0.25) is 0 Å². The number of benzene rings is 1. The van der Waals surface area contributed by atoms with E-state index in [9.17, 15) is 17.6 Å². The number of aromatic nitrogens is 1. The molecule has 0 unspecified atom stereocenters. The molecule has 4 nitrogen and oxygen atoms in total. The van der Waals surface area contributed by atoms with Crippen LogP contribution in [0.5, 0.6) is 5.75 Å². The zero-order chi connectivity index (χ0) is 16.1. The fourth-order valence-electron chi connectivity index (χ4n) is 1.57. The lowest BCUT2D eigenvalue weighted by atomic mass is 10.2. The Morgan fingerprint density at radius 2 is 1.68 bits per heavy atom. The topological polar surface area (TPSA) is 46.5 Å². The molecule has 1 heterocycles. The van der Waals surface area contributed by atoms with Crippen LogP contribution in [0.3, 0.4) is 0 Å². The molecule has 1 aromatic heterocycles. The lowest BCUT2D eigenvalue weighted by molar-refractivity contribution is 0.340. The molecule has 22 heavy (non-hydrogen) atoms. The molecule has 1 N–H and O–H groups in total. The van der Waals surface area contributed by atoms with Crippen molar-refractivity contribution in [3.05, 3.63) is 53.4 Å². The SMILES string of the molecule is CCOc1ccc(/C=N\Nc2c(F)c(F)nc(F)c2F)cc1. The highest BCUT2D eigenvalue weighted by Gasteiger charge is 2.20. The second-order valence-corrected chi connectivity index (χ2v) is 4.07. The summed E-state index contributed by atoms with van der Waals surface area (Å²) in [6, 6.07) is 6.66. The fraction of sp³-hybridized carbons (Fsp3) is 0.143. The minimum Gasteiger partial charge on any atom is -0.494 e. The predicted molar refractivity (Wildman–Crippen MR) is 72.9 cm³/mol. The van der Waals surface area contributed by atoms with Gasteiger partial charge in [0.1, 0.15) is 11.4 Å². The van der Waals surface area contributed by atoms with Crippen molar-refractivity contribution in [1.29, 1.82) is 0 Å². The van der Waals surface area contributed by atoms with Gasteiger partial charge in [0.05, 0.1) is 12.8 Å². The molecule has 0 aliphatic carbocycles. The van der Waals surface area contributed by atoms with Crippen LogP contribution in [0.4, 0.5) is 23.2 Å². The minimum absolute atomic E-state index is 0.521. The third-order valence-corrected chi connectivity index (χ3v) is 2.58. The Morgan fingerprint density at radius 3 is 2.23 bits per heavy atom. The normalized spacial score (nSPS) is 11.0. The molecule has 0 saturated heterocycles. The first-order valence-electron chi connectivity index (χ1n) is 6.24. The van der Waals surface area contributed by atoms with E-state index >= 15 is 0 Å². The van der Waals surface area contributed by atoms with E-state index in [2.05, 4.69) is 10.1 Å². The monoisotopic (exact) mass is 313 g/mol. The summed E-state index contributed by atoms with van der Waals surface area (Å²) in [6.45, 7) is 2.36. The first kappa shape index (κ1) is 15.7. The van der Waals surface area contributed by atoms with Gasteiger partial charge in [0, 0.05) is 0 Å². The number of nitrogens with zero attached hydrogens (tertiary/aromatic N) is 2. The van der Waals surface area contributed by atoms with Gasteiger partial charge in [0.25, 0.3) is 11.9 Å². The van der Waals surface area contributed by atoms with Gasteiger partial charge in [-0.1, -0.05) is 0 Å². The first-order chi connectivity index (χ1) is 10.5. The third kappa shape index (κ3) is 3.51. The lowest BCUT2D eigenvalue weighted by Gasteiger charge is -2.05. The summed E-state index contributed by atoms with van der Waals surface area (Å²) in [4.78, 5) is 2.44. The van der Waals surface area contributed by atoms with Crippen molar-refractivity contribution in [3.63, 3.8) is 0 Å². The van der Waals surface area contributed by atoms with Crippen molar-refractivity contribution in [3.8, 4) is 5.75 Å². The number of ether oxygens (including phenoxy) is 1. The van der Waals surface area contributed by atoms with E-state index in [0.717, 1.165) is 0 Å². The molecule has 0 aliphatic heterocycles. The molecule has 0 aliphatic rings. The molecule has 2 rings (SSSR count). The Bertz CT molecular complexity index is 663. The van der Waals surface area contributed by atoms with Gasteiger partial charge in [-0.3, -0.25) is 5.43 Å². The fourth-order valence-corrected chi connectivity index (χ4v) is 1.57. The van der Waals surface area contributed by atoms with Crippen LogP contribution >= 0.6 is 0 Å². The minimum atomic E-state index is -1.75. The van der Waals surface area contributed by atoms with E-state index in [1.165, 1.54) is 6.21 Å².